The lowest BCUT2D eigenvalue weighted by molar-refractivity contribution is 0.669. The highest BCUT2D eigenvalue weighted by Crippen LogP contribution is 2.39. The summed E-state index contributed by atoms with van der Waals surface area (Å²) in [6.45, 7) is 0. The number of hydrogen-bond donors (Lipinski definition) is 0. The van der Waals surface area contributed by atoms with Gasteiger partial charge in [0.15, 0.2) is 17.5 Å². The first-order valence-corrected chi connectivity index (χ1v) is 17.1. The largest absolute Gasteiger partial charge is 0.456 e. The fourth-order valence-electron chi connectivity index (χ4n) is 7.16. The third-order valence-electron chi connectivity index (χ3n) is 9.72. The second kappa shape index (κ2) is 11.9. The monoisotopic (exact) mass is 651 g/mol. The van der Waals surface area contributed by atoms with Gasteiger partial charge in [-0.25, -0.2) is 15.0 Å². The predicted molar refractivity (Wildman–Crippen MR) is 209 cm³/mol. The van der Waals surface area contributed by atoms with Crippen LogP contribution in [-0.2, 0) is 0 Å². The van der Waals surface area contributed by atoms with Crippen LogP contribution in [0, 0.1) is 0 Å². The van der Waals surface area contributed by atoms with Crippen molar-refractivity contribution in [3.8, 4) is 56.4 Å². The van der Waals surface area contributed by atoms with E-state index in [0.29, 0.717) is 17.5 Å². The third-order valence-corrected chi connectivity index (χ3v) is 9.72. The predicted octanol–water partition coefficient (Wildman–Crippen LogP) is 12.4. The average molecular weight is 652 g/mol. The molecule has 0 aliphatic heterocycles. The van der Waals surface area contributed by atoms with Gasteiger partial charge in [0, 0.05) is 27.5 Å². The molecule has 10 aromatic rings. The van der Waals surface area contributed by atoms with Crippen molar-refractivity contribution in [2.45, 2.75) is 0 Å². The molecule has 0 amide bonds. The number of aromatic nitrogens is 3. The Bertz CT molecular complexity index is 2840. The molecular weight excluding hydrogens is 623 g/mol. The van der Waals surface area contributed by atoms with Gasteiger partial charge in [-0.3, -0.25) is 0 Å². The standard InChI is InChI=1S/C47H29N3O/c1-3-12-33(13-4-1)45-48-46(34-14-5-2-6-15-34)50-47(49-45)44-38-18-10-9-11-31(38)23-25-39(44)32-21-19-30(20-22-32)37-24-26-40-41-27-35-16-7-8-17-36(35)28-43(41)51-42(40)29-37/h1-29H. The molecular formula is C47H29N3O. The Balaban J connectivity index is 1.10. The van der Waals surface area contributed by atoms with Gasteiger partial charge in [0.1, 0.15) is 11.2 Å². The molecule has 2 aromatic heterocycles. The first-order chi connectivity index (χ1) is 25.2. The van der Waals surface area contributed by atoms with E-state index >= 15 is 0 Å². The van der Waals surface area contributed by atoms with E-state index in [4.69, 9.17) is 19.4 Å². The minimum atomic E-state index is 0.640. The summed E-state index contributed by atoms with van der Waals surface area (Å²) in [5, 5.41) is 6.87. The summed E-state index contributed by atoms with van der Waals surface area (Å²) in [5.74, 6) is 1.92. The van der Waals surface area contributed by atoms with Crippen LogP contribution < -0.4 is 0 Å². The molecule has 2 heterocycles. The van der Waals surface area contributed by atoms with Crippen LogP contribution in [0.2, 0.25) is 0 Å². The van der Waals surface area contributed by atoms with Crippen LogP contribution in [0.25, 0.3) is 99.9 Å². The summed E-state index contributed by atoms with van der Waals surface area (Å²) in [7, 11) is 0. The Morgan fingerprint density at radius 2 is 0.863 bits per heavy atom. The summed E-state index contributed by atoms with van der Waals surface area (Å²) in [6, 6.07) is 61.1. The van der Waals surface area contributed by atoms with Crippen molar-refractivity contribution in [2.24, 2.45) is 0 Å². The highest BCUT2D eigenvalue weighted by atomic mass is 16.3. The Morgan fingerprint density at radius 1 is 0.314 bits per heavy atom. The van der Waals surface area contributed by atoms with E-state index in [2.05, 4.69) is 115 Å². The molecule has 4 heteroatoms. The zero-order valence-electron chi connectivity index (χ0n) is 27.5. The van der Waals surface area contributed by atoms with Crippen molar-refractivity contribution in [3.63, 3.8) is 0 Å². The molecule has 0 spiro atoms. The quantitative estimate of drug-likeness (QED) is 0.186. The molecule has 0 aliphatic carbocycles. The summed E-state index contributed by atoms with van der Waals surface area (Å²) < 4.78 is 6.39. The minimum Gasteiger partial charge on any atom is -0.456 e. The number of rotatable bonds is 5. The van der Waals surface area contributed by atoms with Gasteiger partial charge in [-0.15, -0.1) is 0 Å². The van der Waals surface area contributed by atoms with Crippen LogP contribution in [0.15, 0.2) is 180 Å². The van der Waals surface area contributed by atoms with E-state index in [1.165, 1.54) is 10.8 Å². The maximum absolute atomic E-state index is 6.39. The maximum atomic E-state index is 6.39. The molecule has 0 atom stereocenters. The molecule has 0 aliphatic rings. The Labute approximate surface area is 294 Å². The van der Waals surface area contributed by atoms with Gasteiger partial charge in [0.2, 0.25) is 0 Å². The Morgan fingerprint density at radius 3 is 1.57 bits per heavy atom. The molecule has 51 heavy (non-hydrogen) atoms. The van der Waals surface area contributed by atoms with Crippen molar-refractivity contribution < 1.29 is 4.42 Å². The summed E-state index contributed by atoms with van der Waals surface area (Å²) in [4.78, 5) is 15.2. The lowest BCUT2D eigenvalue weighted by Crippen LogP contribution is -2.01. The molecule has 0 bridgehead atoms. The van der Waals surface area contributed by atoms with E-state index in [-0.39, 0.29) is 0 Å². The van der Waals surface area contributed by atoms with Crippen LogP contribution in [0.4, 0.5) is 0 Å². The first kappa shape index (κ1) is 29.0. The zero-order chi connectivity index (χ0) is 33.7. The van der Waals surface area contributed by atoms with Crippen LogP contribution in [-0.4, -0.2) is 15.0 Å². The number of hydrogen-bond acceptors (Lipinski definition) is 4. The van der Waals surface area contributed by atoms with Gasteiger partial charge in [0.05, 0.1) is 0 Å². The molecule has 0 fully saturated rings. The second-order valence-electron chi connectivity index (χ2n) is 12.8. The first-order valence-electron chi connectivity index (χ1n) is 17.1. The second-order valence-corrected chi connectivity index (χ2v) is 12.8. The third kappa shape index (κ3) is 5.13. The van der Waals surface area contributed by atoms with Crippen molar-refractivity contribution in [1.29, 1.82) is 0 Å². The Hall–Kier alpha value is -6.91. The topological polar surface area (TPSA) is 51.8 Å². The number of nitrogens with zero attached hydrogens (tertiary/aromatic N) is 3. The lowest BCUT2D eigenvalue weighted by atomic mass is 9.92. The van der Waals surface area contributed by atoms with Crippen molar-refractivity contribution in [2.75, 3.05) is 0 Å². The summed E-state index contributed by atoms with van der Waals surface area (Å²) >= 11 is 0. The van der Waals surface area contributed by atoms with Crippen molar-refractivity contribution >= 4 is 43.5 Å². The molecule has 10 rings (SSSR count). The number of furan rings is 1. The molecule has 0 N–H and O–H groups in total. The van der Waals surface area contributed by atoms with Gasteiger partial charge in [0.25, 0.3) is 0 Å². The normalized spacial score (nSPS) is 11.5. The van der Waals surface area contributed by atoms with Crippen molar-refractivity contribution in [1.82, 2.24) is 15.0 Å². The minimum absolute atomic E-state index is 0.640. The van der Waals surface area contributed by atoms with E-state index < -0.39 is 0 Å². The molecule has 238 valence electrons. The molecule has 8 aromatic carbocycles. The van der Waals surface area contributed by atoms with Gasteiger partial charge in [-0.2, -0.15) is 0 Å². The van der Waals surface area contributed by atoms with Crippen LogP contribution in [0.1, 0.15) is 0 Å². The Kier molecular flexibility index (Phi) is 6.78. The van der Waals surface area contributed by atoms with E-state index in [9.17, 15) is 0 Å². The van der Waals surface area contributed by atoms with Gasteiger partial charge in [-0.1, -0.05) is 152 Å². The average Bonchev–Trinajstić information content (AvgIpc) is 3.56. The van der Waals surface area contributed by atoms with Crippen LogP contribution in [0.3, 0.4) is 0 Å². The van der Waals surface area contributed by atoms with Crippen molar-refractivity contribution in [3.05, 3.63) is 176 Å². The molecule has 4 nitrogen and oxygen atoms in total. The maximum Gasteiger partial charge on any atom is 0.165 e. The fourth-order valence-corrected chi connectivity index (χ4v) is 7.16. The lowest BCUT2D eigenvalue weighted by Gasteiger charge is -2.15. The SMILES string of the molecule is c1ccc(-c2nc(-c3ccccc3)nc(-c3c(-c4ccc(-c5ccc6c(c5)oc5cc7ccccc7cc56)cc4)ccc4ccccc34)n2)cc1. The summed E-state index contributed by atoms with van der Waals surface area (Å²) in [6.07, 6.45) is 0. The molecule has 0 saturated heterocycles. The van der Waals surface area contributed by atoms with E-state index in [0.717, 1.165) is 71.7 Å². The zero-order valence-corrected chi connectivity index (χ0v) is 27.5. The highest BCUT2D eigenvalue weighted by molar-refractivity contribution is 6.11. The van der Waals surface area contributed by atoms with Gasteiger partial charge >= 0.3 is 0 Å². The van der Waals surface area contributed by atoms with E-state index in [1.54, 1.807) is 0 Å². The van der Waals surface area contributed by atoms with E-state index in [1.807, 2.05) is 60.7 Å². The highest BCUT2D eigenvalue weighted by Gasteiger charge is 2.19. The smallest absolute Gasteiger partial charge is 0.165 e. The fraction of sp³-hybridized carbons (Fsp3) is 0. The number of fused-ring (bicyclic) bond motifs is 5. The van der Waals surface area contributed by atoms with Crippen LogP contribution in [0.5, 0.6) is 0 Å². The molecule has 0 saturated carbocycles. The summed E-state index contributed by atoms with van der Waals surface area (Å²) in [5.41, 5.74) is 9.02. The molecule has 0 unspecified atom stereocenters. The van der Waals surface area contributed by atoms with Gasteiger partial charge in [-0.05, 0) is 68.1 Å². The number of benzene rings is 8. The van der Waals surface area contributed by atoms with Gasteiger partial charge < -0.3 is 4.42 Å². The molecule has 0 radical (unpaired) electrons. The van der Waals surface area contributed by atoms with Crippen LogP contribution >= 0.6 is 0 Å².